The maximum absolute atomic E-state index is 12.0. The van der Waals surface area contributed by atoms with Crippen molar-refractivity contribution in [1.29, 1.82) is 0 Å². The lowest BCUT2D eigenvalue weighted by molar-refractivity contribution is -0.119. The van der Waals surface area contributed by atoms with E-state index in [1.54, 1.807) is 18.2 Å². The average Bonchev–Trinajstić information content (AvgIpc) is 2.22. The number of Topliss-reactive ketones (excluding diaryl/α,β-unsaturated/α-hetero) is 1. The van der Waals surface area contributed by atoms with Crippen LogP contribution in [0.2, 0.25) is 10.0 Å². The number of benzene rings is 1. The zero-order chi connectivity index (χ0) is 13.9. The Bertz CT molecular complexity index is 418. The Kier molecular flexibility index (Phi) is 5.20. The Balaban J connectivity index is 2.72. The van der Waals surface area contributed by atoms with Crippen molar-refractivity contribution < 1.29 is 4.79 Å². The highest BCUT2D eigenvalue weighted by Gasteiger charge is 2.23. The van der Waals surface area contributed by atoms with Crippen molar-refractivity contribution in [2.75, 3.05) is 0 Å². The third kappa shape index (κ3) is 4.27. The molecule has 1 aromatic carbocycles. The van der Waals surface area contributed by atoms with E-state index in [-0.39, 0.29) is 23.7 Å². The molecular weight excluding hydrogens is 269 g/mol. The summed E-state index contributed by atoms with van der Waals surface area (Å²) in [6.45, 7) is 6.06. The second kappa shape index (κ2) is 6.05. The first-order valence-corrected chi connectivity index (χ1v) is 6.67. The lowest BCUT2D eigenvalue weighted by Crippen LogP contribution is -2.37. The van der Waals surface area contributed by atoms with E-state index in [1.165, 1.54) is 0 Å². The summed E-state index contributed by atoms with van der Waals surface area (Å²) >= 11 is 12.1. The van der Waals surface area contributed by atoms with Crippen LogP contribution >= 0.6 is 23.2 Å². The fraction of sp³-hybridized carbons (Fsp3) is 0.500. The van der Waals surface area contributed by atoms with E-state index in [9.17, 15) is 4.79 Å². The molecule has 2 N–H and O–H groups in total. The molecule has 0 spiro atoms. The zero-order valence-electron chi connectivity index (χ0n) is 11.0. The highest BCUT2D eigenvalue weighted by Crippen LogP contribution is 2.26. The van der Waals surface area contributed by atoms with E-state index in [2.05, 4.69) is 0 Å². The predicted octanol–water partition coefficient (Wildman–Crippen LogP) is 3.87. The van der Waals surface area contributed by atoms with Crippen LogP contribution in [0.3, 0.4) is 0 Å². The van der Waals surface area contributed by atoms with Crippen LogP contribution < -0.4 is 5.73 Å². The summed E-state index contributed by atoms with van der Waals surface area (Å²) in [5.74, 6) is 0.0624. The van der Waals surface area contributed by atoms with Gasteiger partial charge in [-0.25, -0.2) is 0 Å². The number of hydrogen-bond donors (Lipinski definition) is 1. The number of ketones is 1. The quantitative estimate of drug-likeness (QED) is 0.914. The maximum Gasteiger partial charge on any atom is 0.138 e. The molecule has 0 heterocycles. The van der Waals surface area contributed by atoms with Crippen molar-refractivity contribution in [1.82, 2.24) is 0 Å². The molecule has 0 radical (unpaired) electrons. The molecule has 1 atom stereocenters. The van der Waals surface area contributed by atoms with E-state index in [0.29, 0.717) is 22.0 Å². The molecule has 18 heavy (non-hydrogen) atoms. The molecule has 0 saturated heterocycles. The molecule has 1 unspecified atom stereocenters. The van der Waals surface area contributed by atoms with Crippen LogP contribution in [0, 0.1) is 5.41 Å². The topological polar surface area (TPSA) is 43.1 Å². The number of carbonyl (C=O) groups is 1. The van der Waals surface area contributed by atoms with Crippen LogP contribution in [0.4, 0.5) is 0 Å². The van der Waals surface area contributed by atoms with Gasteiger partial charge in [0.2, 0.25) is 0 Å². The Morgan fingerprint density at radius 3 is 2.22 bits per heavy atom. The summed E-state index contributed by atoms with van der Waals surface area (Å²) in [7, 11) is 0. The molecule has 0 amide bonds. The molecule has 1 aromatic rings. The number of carbonyl (C=O) groups excluding carboxylic acids is 1. The molecule has 4 heteroatoms. The lowest BCUT2D eigenvalue weighted by atomic mass is 9.84. The first-order valence-electron chi connectivity index (χ1n) is 5.92. The van der Waals surface area contributed by atoms with Crippen LogP contribution in [-0.4, -0.2) is 11.8 Å². The molecule has 2 nitrogen and oxygen atoms in total. The molecule has 100 valence electrons. The SMILES string of the molecule is CC(C)(C)C(N)CC(=O)Cc1c(Cl)cccc1Cl. The van der Waals surface area contributed by atoms with Crippen LogP contribution in [0.25, 0.3) is 0 Å². The third-order valence-electron chi connectivity index (χ3n) is 3.00. The van der Waals surface area contributed by atoms with Gasteiger partial charge in [-0.15, -0.1) is 0 Å². The largest absolute Gasteiger partial charge is 0.327 e. The normalized spacial score (nSPS) is 13.4. The fourth-order valence-electron chi connectivity index (χ4n) is 1.52. The highest BCUT2D eigenvalue weighted by atomic mass is 35.5. The van der Waals surface area contributed by atoms with Gasteiger partial charge < -0.3 is 5.73 Å². The van der Waals surface area contributed by atoms with Crippen molar-refractivity contribution in [3.05, 3.63) is 33.8 Å². The van der Waals surface area contributed by atoms with E-state index >= 15 is 0 Å². The molecule has 0 fully saturated rings. The molecule has 0 aliphatic heterocycles. The molecule has 0 saturated carbocycles. The second-order valence-corrected chi connectivity index (χ2v) is 6.41. The van der Waals surface area contributed by atoms with E-state index in [4.69, 9.17) is 28.9 Å². The minimum Gasteiger partial charge on any atom is -0.327 e. The molecule has 0 aliphatic rings. The van der Waals surface area contributed by atoms with Crippen LogP contribution in [0.1, 0.15) is 32.8 Å². The molecular formula is C14H19Cl2NO. The van der Waals surface area contributed by atoms with Gasteiger partial charge >= 0.3 is 0 Å². The summed E-state index contributed by atoms with van der Waals surface area (Å²) in [5, 5.41) is 1.06. The van der Waals surface area contributed by atoms with Crippen molar-refractivity contribution in [2.45, 2.75) is 39.7 Å². The van der Waals surface area contributed by atoms with Gasteiger partial charge in [-0.2, -0.15) is 0 Å². The molecule has 0 aliphatic carbocycles. The minimum absolute atomic E-state index is 0.0624. The van der Waals surface area contributed by atoms with Crippen molar-refractivity contribution in [3.8, 4) is 0 Å². The Hall–Kier alpha value is -0.570. The first-order chi connectivity index (χ1) is 8.21. The van der Waals surface area contributed by atoms with E-state index in [0.717, 1.165) is 0 Å². The smallest absolute Gasteiger partial charge is 0.138 e. The number of hydrogen-bond acceptors (Lipinski definition) is 2. The Labute approximate surface area is 118 Å². The van der Waals surface area contributed by atoms with E-state index in [1.807, 2.05) is 20.8 Å². The van der Waals surface area contributed by atoms with Crippen LogP contribution in [-0.2, 0) is 11.2 Å². The van der Waals surface area contributed by atoms with Crippen molar-refractivity contribution in [2.24, 2.45) is 11.1 Å². The van der Waals surface area contributed by atoms with Gasteiger partial charge in [0.15, 0.2) is 0 Å². The van der Waals surface area contributed by atoms with Crippen LogP contribution in [0.5, 0.6) is 0 Å². The minimum atomic E-state index is -0.161. The fourth-order valence-corrected chi connectivity index (χ4v) is 2.05. The average molecular weight is 288 g/mol. The molecule has 0 aromatic heterocycles. The number of nitrogens with two attached hydrogens (primary N) is 1. The second-order valence-electron chi connectivity index (χ2n) is 5.59. The van der Waals surface area contributed by atoms with Crippen molar-refractivity contribution in [3.63, 3.8) is 0 Å². The Morgan fingerprint density at radius 2 is 1.78 bits per heavy atom. The van der Waals surface area contributed by atoms with Gasteiger partial charge in [0.25, 0.3) is 0 Å². The van der Waals surface area contributed by atoms with Gasteiger partial charge in [-0.05, 0) is 23.1 Å². The molecule has 0 bridgehead atoms. The van der Waals surface area contributed by atoms with Crippen molar-refractivity contribution >= 4 is 29.0 Å². The summed E-state index contributed by atoms with van der Waals surface area (Å²) < 4.78 is 0. The first kappa shape index (κ1) is 15.5. The van der Waals surface area contributed by atoms with Gasteiger partial charge in [0, 0.05) is 28.9 Å². The monoisotopic (exact) mass is 287 g/mol. The van der Waals surface area contributed by atoms with Crippen LogP contribution in [0.15, 0.2) is 18.2 Å². The van der Waals surface area contributed by atoms with Gasteiger partial charge in [-0.3, -0.25) is 4.79 Å². The maximum atomic E-state index is 12.0. The predicted molar refractivity (Wildman–Crippen MR) is 77.2 cm³/mol. The van der Waals surface area contributed by atoms with Gasteiger partial charge in [0.05, 0.1) is 0 Å². The summed E-state index contributed by atoms with van der Waals surface area (Å²) in [5.41, 5.74) is 6.60. The Morgan fingerprint density at radius 1 is 1.28 bits per heavy atom. The zero-order valence-corrected chi connectivity index (χ0v) is 12.5. The van der Waals surface area contributed by atoms with Gasteiger partial charge in [-0.1, -0.05) is 50.0 Å². The van der Waals surface area contributed by atoms with Gasteiger partial charge in [0.1, 0.15) is 5.78 Å². The summed E-state index contributed by atoms with van der Waals surface area (Å²) in [6, 6.07) is 5.07. The summed E-state index contributed by atoms with van der Waals surface area (Å²) in [4.78, 5) is 12.0. The lowest BCUT2D eigenvalue weighted by Gasteiger charge is -2.26. The summed E-state index contributed by atoms with van der Waals surface area (Å²) in [6.07, 6.45) is 0.577. The van der Waals surface area contributed by atoms with E-state index < -0.39 is 0 Å². The number of rotatable bonds is 4. The number of halogens is 2. The third-order valence-corrected chi connectivity index (χ3v) is 3.70. The molecule has 1 rings (SSSR count). The highest BCUT2D eigenvalue weighted by molar-refractivity contribution is 6.36. The standard InChI is InChI=1S/C14H19Cl2NO/c1-14(2,3)13(17)8-9(18)7-10-11(15)5-4-6-12(10)16/h4-6,13H,7-8,17H2,1-3H3.